The minimum absolute atomic E-state index is 0.165. The molecule has 0 aromatic heterocycles. The Kier molecular flexibility index (Phi) is 3.85. The summed E-state index contributed by atoms with van der Waals surface area (Å²) in [7, 11) is 1.33. The summed E-state index contributed by atoms with van der Waals surface area (Å²) in [6.07, 6.45) is 0. The first-order valence-corrected chi connectivity index (χ1v) is 7.33. The van der Waals surface area contributed by atoms with Gasteiger partial charge in [-0.05, 0) is 31.5 Å². The molecule has 1 atom stereocenters. The van der Waals surface area contributed by atoms with Crippen LogP contribution in [0.1, 0.15) is 25.5 Å². The van der Waals surface area contributed by atoms with Crippen molar-refractivity contribution < 1.29 is 23.8 Å². The zero-order valence-corrected chi connectivity index (χ0v) is 13.2. The number of hydrogen-bond acceptors (Lipinski definition) is 5. The molecular formula is C16H18N2O5. The monoisotopic (exact) mass is 318 g/mol. The number of methoxy groups -OCH3 is 1. The molecule has 2 amide bonds. The normalized spacial score (nSPS) is 19.7. The predicted molar refractivity (Wildman–Crippen MR) is 80.9 cm³/mol. The van der Waals surface area contributed by atoms with Crippen LogP contribution in [0, 0.1) is 0 Å². The maximum absolute atomic E-state index is 12.3. The number of urea groups is 1. The maximum Gasteiger partial charge on any atom is 0.337 e. The molecule has 2 aliphatic heterocycles. The van der Waals surface area contributed by atoms with Crippen LogP contribution in [0.25, 0.3) is 0 Å². The zero-order valence-electron chi connectivity index (χ0n) is 13.2. The van der Waals surface area contributed by atoms with Gasteiger partial charge in [0, 0.05) is 12.2 Å². The second kappa shape index (κ2) is 5.83. The number of carbonyl (C=O) groups excluding carboxylic acids is 2. The van der Waals surface area contributed by atoms with Crippen molar-refractivity contribution in [2.24, 2.45) is 0 Å². The van der Waals surface area contributed by atoms with Crippen molar-refractivity contribution in [1.82, 2.24) is 10.2 Å². The lowest BCUT2D eigenvalue weighted by atomic mass is 9.94. The molecule has 0 spiro atoms. The lowest BCUT2D eigenvalue weighted by Crippen LogP contribution is -2.47. The molecule has 23 heavy (non-hydrogen) atoms. The van der Waals surface area contributed by atoms with Gasteiger partial charge in [0.2, 0.25) is 6.79 Å². The third kappa shape index (κ3) is 2.48. The second-order valence-electron chi connectivity index (χ2n) is 5.23. The van der Waals surface area contributed by atoms with E-state index in [2.05, 4.69) is 5.32 Å². The van der Waals surface area contributed by atoms with E-state index in [1.807, 2.05) is 6.92 Å². The van der Waals surface area contributed by atoms with Crippen molar-refractivity contribution in [3.63, 3.8) is 0 Å². The summed E-state index contributed by atoms with van der Waals surface area (Å²) in [5, 5.41) is 2.85. The van der Waals surface area contributed by atoms with Gasteiger partial charge in [-0.1, -0.05) is 6.07 Å². The summed E-state index contributed by atoms with van der Waals surface area (Å²) in [5.41, 5.74) is 1.73. The Bertz CT molecular complexity index is 698. The molecule has 0 saturated carbocycles. The third-order valence-corrected chi connectivity index (χ3v) is 4.05. The van der Waals surface area contributed by atoms with E-state index in [0.29, 0.717) is 29.3 Å². The molecule has 7 heteroatoms. The summed E-state index contributed by atoms with van der Waals surface area (Å²) in [6.45, 7) is 4.22. The second-order valence-corrected chi connectivity index (χ2v) is 5.23. The van der Waals surface area contributed by atoms with E-state index in [4.69, 9.17) is 14.2 Å². The molecule has 0 radical (unpaired) electrons. The Labute approximate surface area is 133 Å². The van der Waals surface area contributed by atoms with Crippen molar-refractivity contribution >= 4 is 12.0 Å². The number of nitrogens with zero attached hydrogens (tertiary/aromatic N) is 1. The van der Waals surface area contributed by atoms with Crippen LogP contribution < -0.4 is 14.8 Å². The number of fused-ring (bicyclic) bond motifs is 1. The van der Waals surface area contributed by atoms with Crippen LogP contribution >= 0.6 is 0 Å². The van der Waals surface area contributed by atoms with Gasteiger partial charge in [0.1, 0.15) is 0 Å². The van der Waals surface area contributed by atoms with Crippen molar-refractivity contribution in [2.45, 2.75) is 19.9 Å². The van der Waals surface area contributed by atoms with Crippen LogP contribution in [0.5, 0.6) is 11.5 Å². The summed E-state index contributed by atoms with van der Waals surface area (Å²) in [5.74, 6) is 0.770. The molecular weight excluding hydrogens is 300 g/mol. The number of esters is 1. The molecule has 2 aliphatic rings. The highest BCUT2D eigenvalue weighted by Crippen LogP contribution is 2.38. The number of ether oxygens (including phenoxy) is 3. The number of hydrogen-bond donors (Lipinski definition) is 1. The molecule has 2 heterocycles. The third-order valence-electron chi connectivity index (χ3n) is 4.05. The number of rotatable bonds is 3. The largest absolute Gasteiger partial charge is 0.466 e. The number of carbonyl (C=O) groups is 2. The Hall–Kier alpha value is -2.70. The van der Waals surface area contributed by atoms with E-state index in [1.54, 1.807) is 25.1 Å². The fourth-order valence-corrected chi connectivity index (χ4v) is 2.88. The summed E-state index contributed by atoms with van der Waals surface area (Å²) in [6, 6.07) is 4.49. The number of nitrogens with one attached hydrogen (secondary N) is 1. The quantitative estimate of drug-likeness (QED) is 0.862. The number of benzene rings is 1. The van der Waals surface area contributed by atoms with E-state index in [0.717, 1.165) is 5.56 Å². The average Bonchev–Trinajstić information content (AvgIpc) is 3.01. The Balaban J connectivity index is 2.07. The van der Waals surface area contributed by atoms with E-state index in [-0.39, 0.29) is 12.8 Å². The Morgan fingerprint density at radius 3 is 2.83 bits per heavy atom. The molecule has 1 aromatic rings. The minimum Gasteiger partial charge on any atom is -0.466 e. The molecule has 0 fully saturated rings. The zero-order chi connectivity index (χ0) is 16.6. The van der Waals surface area contributed by atoms with Gasteiger partial charge < -0.3 is 19.5 Å². The molecule has 1 aromatic carbocycles. The molecule has 0 saturated heterocycles. The van der Waals surface area contributed by atoms with E-state index in [1.165, 1.54) is 12.0 Å². The van der Waals surface area contributed by atoms with Crippen LogP contribution in [-0.4, -0.2) is 37.3 Å². The average molecular weight is 318 g/mol. The predicted octanol–water partition coefficient (Wildman–Crippen LogP) is 1.95. The van der Waals surface area contributed by atoms with Crippen LogP contribution in [0.15, 0.2) is 29.5 Å². The van der Waals surface area contributed by atoms with Crippen LogP contribution in [0.2, 0.25) is 0 Å². The lowest BCUT2D eigenvalue weighted by molar-refractivity contribution is -0.136. The molecule has 0 bridgehead atoms. The fourth-order valence-electron chi connectivity index (χ4n) is 2.88. The highest BCUT2D eigenvalue weighted by Gasteiger charge is 2.36. The highest BCUT2D eigenvalue weighted by atomic mass is 16.7. The van der Waals surface area contributed by atoms with Crippen molar-refractivity contribution in [1.29, 1.82) is 0 Å². The fraction of sp³-hybridized carbons (Fsp3) is 0.375. The SMILES string of the molecule is CCN1C(=O)N[C@H](c2ccc3c(c2)OCO3)C(C(=O)OC)=C1C. The van der Waals surface area contributed by atoms with Crippen LogP contribution in [-0.2, 0) is 9.53 Å². The molecule has 1 N–H and O–H groups in total. The van der Waals surface area contributed by atoms with Gasteiger partial charge in [0.25, 0.3) is 0 Å². The lowest BCUT2D eigenvalue weighted by Gasteiger charge is -2.34. The van der Waals surface area contributed by atoms with Crippen LogP contribution in [0.4, 0.5) is 4.79 Å². The van der Waals surface area contributed by atoms with Gasteiger partial charge in [0.05, 0.1) is 18.7 Å². The maximum atomic E-state index is 12.3. The molecule has 122 valence electrons. The highest BCUT2D eigenvalue weighted by molar-refractivity contribution is 5.95. The topological polar surface area (TPSA) is 77.1 Å². The first-order valence-electron chi connectivity index (χ1n) is 7.33. The summed E-state index contributed by atoms with van der Waals surface area (Å²) < 4.78 is 15.6. The van der Waals surface area contributed by atoms with Crippen molar-refractivity contribution in [2.75, 3.05) is 20.4 Å². The first kappa shape index (κ1) is 15.2. The molecule has 0 unspecified atom stereocenters. The molecule has 7 nitrogen and oxygen atoms in total. The molecule has 0 aliphatic carbocycles. The van der Waals surface area contributed by atoms with Gasteiger partial charge in [-0.25, -0.2) is 9.59 Å². The Morgan fingerprint density at radius 2 is 2.13 bits per heavy atom. The Morgan fingerprint density at radius 1 is 1.39 bits per heavy atom. The number of amides is 2. The smallest absolute Gasteiger partial charge is 0.337 e. The van der Waals surface area contributed by atoms with Gasteiger partial charge in [-0.15, -0.1) is 0 Å². The van der Waals surface area contributed by atoms with Gasteiger partial charge >= 0.3 is 12.0 Å². The first-order chi connectivity index (χ1) is 11.1. The van der Waals surface area contributed by atoms with E-state index < -0.39 is 12.0 Å². The van der Waals surface area contributed by atoms with Gasteiger partial charge in [0.15, 0.2) is 11.5 Å². The minimum atomic E-state index is -0.591. The van der Waals surface area contributed by atoms with Crippen molar-refractivity contribution in [3.05, 3.63) is 35.0 Å². The van der Waals surface area contributed by atoms with E-state index in [9.17, 15) is 9.59 Å². The van der Waals surface area contributed by atoms with Crippen LogP contribution in [0.3, 0.4) is 0 Å². The molecule has 3 rings (SSSR count). The standard InChI is InChI=1S/C16H18N2O5/c1-4-18-9(2)13(15(19)21-3)14(17-16(18)20)10-5-6-11-12(7-10)23-8-22-11/h5-7,14H,4,8H2,1-3H3,(H,17,20)/t14-/m1/s1. The summed E-state index contributed by atoms with van der Waals surface area (Å²) >= 11 is 0. The van der Waals surface area contributed by atoms with Gasteiger partial charge in [-0.3, -0.25) is 4.90 Å². The van der Waals surface area contributed by atoms with Crippen molar-refractivity contribution in [3.8, 4) is 11.5 Å². The van der Waals surface area contributed by atoms with Gasteiger partial charge in [-0.2, -0.15) is 0 Å². The summed E-state index contributed by atoms with van der Waals surface area (Å²) in [4.78, 5) is 26.0. The number of allylic oxidation sites excluding steroid dienone is 1. The van der Waals surface area contributed by atoms with E-state index >= 15 is 0 Å².